The molecule has 0 spiro atoms. The highest BCUT2D eigenvalue weighted by Gasteiger charge is 2.39. The van der Waals surface area contributed by atoms with Crippen LogP contribution in [-0.4, -0.2) is 15.7 Å². The Hall–Kier alpha value is -2.82. The lowest BCUT2D eigenvalue weighted by atomic mass is 9.95. The molecular formula is C17H15F3N4O. The minimum atomic E-state index is -4.47. The first-order chi connectivity index (χ1) is 11.9. The van der Waals surface area contributed by atoms with Crippen molar-refractivity contribution in [2.75, 3.05) is 5.32 Å². The summed E-state index contributed by atoms with van der Waals surface area (Å²) in [6.45, 7) is 0. The monoisotopic (exact) mass is 348 g/mol. The van der Waals surface area contributed by atoms with Gasteiger partial charge in [-0.25, -0.2) is 4.68 Å². The molecule has 0 aliphatic heterocycles. The zero-order chi connectivity index (χ0) is 18.0. The van der Waals surface area contributed by atoms with Gasteiger partial charge in [-0.2, -0.15) is 23.5 Å². The van der Waals surface area contributed by atoms with Crippen LogP contribution in [0.4, 0.5) is 18.9 Å². The first-order valence-corrected chi connectivity index (χ1v) is 7.85. The topological polar surface area (TPSA) is 70.7 Å². The molecule has 25 heavy (non-hydrogen) atoms. The Kier molecular flexibility index (Phi) is 4.49. The van der Waals surface area contributed by atoms with Gasteiger partial charge in [-0.05, 0) is 49.9 Å². The third-order valence-electron chi connectivity index (χ3n) is 4.08. The Morgan fingerprint density at radius 1 is 1.24 bits per heavy atom. The number of amides is 1. The minimum Gasteiger partial charge on any atom is -0.325 e. The molecule has 3 rings (SSSR count). The number of hydrogen-bond acceptors (Lipinski definition) is 3. The van der Waals surface area contributed by atoms with Crippen LogP contribution in [0.5, 0.6) is 0 Å². The number of carbonyl (C=O) groups is 1. The van der Waals surface area contributed by atoms with Crippen LogP contribution in [0.2, 0.25) is 0 Å². The first kappa shape index (κ1) is 17.0. The molecule has 130 valence electrons. The van der Waals surface area contributed by atoms with E-state index in [2.05, 4.69) is 10.4 Å². The Morgan fingerprint density at radius 2 is 1.92 bits per heavy atom. The average Bonchev–Trinajstić information content (AvgIpc) is 2.96. The minimum absolute atomic E-state index is 0.261. The van der Waals surface area contributed by atoms with Crippen molar-refractivity contribution in [3.63, 3.8) is 0 Å². The Balaban J connectivity index is 1.93. The summed E-state index contributed by atoms with van der Waals surface area (Å²) >= 11 is 0. The van der Waals surface area contributed by atoms with E-state index in [4.69, 9.17) is 5.26 Å². The highest BCUT2D eigenvalue weighted by Crippen LogP contribution is 2.36. The standard InChI is InChI=1S/C17H15F3N4O/c18-17(19,20)16-13-3-1-2-4-14(13)24(23-16)12-7-5-11(6-8-12)22-15(25)9-10-21/h5-8H,1-4,9H2,(H,22,25). The molecule has 1 heterocycles. The second-order valence-electron chi connectivity index (χ2n) is 5.82. The fourth-order valence-corrected chi connectivity index (χ4v) is 3.00. The fraction of sp³-hybridized carbons (Fsp3) is 0.353. The number of fused-ring (bicyclic) bond motifs is 1. The largest absolute Gasteiger partial charge is 0.435 e. The molecule has 1 aromatic carbocycles. The van der Waals surface area contributed by atoms with E-state index in [1.807, 2.05) is 0 Å². The van der Waals surface area contributed by atoms with Crippen molar-refractivity contribution >= 4 is 11.6 Å². The summed E-state index contributed by atoms with van der Waals surface area (Å²) in [6.07, 6.45) is -2.24. The van der Waals surface area contributed by atoms with Crippen LogP contribution in [0.15, 0.2) is 24.3 Å². The quantitative estimate of drug-likeness (QED) is 0.921. The molecule has 0 saturated heterocycles. The van der Waals surface area contributed by atoms with Crippen molar-refractivity contribution in [1.82, 2.24) is 9.78 Å². The van der Waals surface area contributed by atoms with Crippen LogP contribution < -0.4 is 5.32 Å². The average molecular weight is 348 g/mol. The van der Waals surface area contributed by atoms with E-state index < -0.39 is 17.8 Å². The van der Waals surface area contributed by atoms with Gasteiger partial charge in [0.1, 0.15) is 6.42 Å². The molecule has 1 aromatic heterocycles. The number of nitrogens with one attached hydrogen (secondary N) is 1. The molecule has 8 heteroatoms. The van der Waals surface area contributed by atoms with Crippen molar-refractivity contribution in [3.8, 4) is 11.8 Å². The number of rotatable bonds is 3. The SMILES string of the molecule is N#CCC(=O)Nc1ccc(-n2nc(C(F)(F)F)c3c2CCCC3)cc1. The molecule has 0 atom stereocenters. The van der Waals surface area contributed by atoms with Crippen LogP contribution in [0, 0.1) is 11.3 Å². The smallest absolute Gasteiger partial charge is 0.325 e. The molecule has 5 nitrogen and oxygen atoms in total. The first-order valence-electron chi connectivity index (χ1n) is 7.85. The zero-order valence-corrected chi connectivity index (χ0v) is 13.2. The molecule has 1 aliphatic rings. The molecule has 1 N–H and O–H groups in total. The molecule has 0 fully saturated rings. The van der Waals surface area contributed by atoms with Crippen LogP contribution >= 0.6 is 0 Å². The number of alkyl halides is 3. The van der Waals surface area contributed by atoms with Gasteiger partial charge >= 0.3 is 6.18 Å². The summed E-state index contributed by atoms with van der Waals surface area (Å²) in [4.78, 5) is 11.4. The van der Waals surface area contributed by atoms with Crippen molar-refractivity contribution in [1.29, 1.82) is 5.26 Å². The number of halogens is 3. The number of anilines is 1. The Bertz CT molecular complexity index is 831. The molecule has 0 unspecified atom stereocenters. The summed E-state index contributed by atoms with van der Waals surface area (Å²) in [5, 5.41) is 14.8. The molecule has 0 radical (unpaired) electrons. The van der Waals surface area contributed by atoms with E-state index in [1.54, 1.807) is 30.3 Å². The summed E-state index contributed by atoms with van der Waals surface area (Å²) in [5.74, 6) is -0.439. The fourth-order valence-electron chi connectivity index (χ4n) is 3.00. The van der Waals surface area contributed by atoms with Gasteiger partial charge in [-0.1, -0.05) is 0 Å². The number of nitriles is 1. The van der Waals surface area contributed by atoms with Crippen molar-refractivity contribution in [2.24, 2.45) is 0 Å². The second kappa shape index (κ2) is 6.59. The van der Waals surface area contributed by atoms with Gasteiger partial charge in [-0.15, -0.1) is 0 Å². The van der Waals surface area contributed by atoms with Gasteiger partial charge in [0, 0.05) is 16.9 Å². The van der Waals surface area contributed by atoms with E-state index in [1.165, 1.54) is 4.68 Å². The number of hydrogen-bond donors (Lipinski definition) is 1. The second-order valence-corrected chi connectivity index (χ2v) is 5.82. The molecule has 1 amide bonds. The van der Waals surface area contributed by atoms with Gasteiger partial charge in [0.15, 0.2) is 5.69 Å². The highest BCUT2D eigenvalue weighted by atomic mass is 19.4. The molecule has 0 saturated carbocycles. The van der Waals surface area contributed by atoms with E-state index in [0.29, 0.717) is 29.9 Å². The van der Waals surface area contributed by atoms with Gasteiger partial charge in [0.25, 0.3) is 0 Å². The summed E-state index contributed by atoms with van der Waals surface area (Å²) in [6, 6.07) is 8.10. The molecular weight excluding hydrogens is 333 g/mol. The van der Waals surface area contributed by atoms with E-state index in [0.717, 1.165) is 12.8 Å². The predicted octanol–water partition coefficient (Wildman–Crippen LogP) is 3.62. The molecule has 1 aliphatic carbocycles. The van der Waals surface area contributed by atoms with Gasteiger partial charge in [0.2, 0.25) is 5.91 Å². The summed E-state index contributed by atoms with van der Waals surface area (Å²) in [7, 11) is 0. The highest BCUT2D eigenvalue weighted by molar-refractivity contribution is 5.92. The maximum absolute atomic E-state index is 13.2. The summed E-state index contributed by atoms with van der Waals surface area (Å²) < 4.78 is 41.1. The molecule has 0 bridgehead atoms. The van der Waals surface area contributed by atoms with Crippen LogP contribution in [0.1, 0.15) is 36.2 Å². The predicted molar refractivity (Wildman–Crippen MR) is 84.1 cm³/mol. The third kappa shape index (κ3) is 3.50. The van der Waals surface area contributed by atoms with Crippen molar-refractivity contribution < 1.29 is 18.0 Å². The maximum Gasteiger partial charge on any atom is 0.435 e. The lowest BCUT2D eigenvalue weighted by molar-refractivity contribution is -0.142. The van der Waals surface area contributed by atoms with E-state index >= 15 is 0 Å². The lowest BCUT2D eigenvalue weighted by Gasteiger charge is -2.15. The number of nitrogens with zero attached hydrogens (tertiary/aromatic N) is 3. The number of benzene rings is 1. The molecule has 2 aromatic rings. The van der Waals surface area contributed by atoms with Crippen molar-refractivity contribution in [3.05, 3.63) is 41.2 Å². The van der Waals surface area contributed by atoms with Gasteiger partial charge < -0.3 is 5.32 Å². The summed E-state index contributed by atoms with van der Waals surface area (Å²) in [5.41, 5.74) is 1.05. The number of carbonyl (C=O) groups excluding carboxylic acids is 1. The van der Waals surface area contributed by atoms with Crippen LogP contribution in [-0.2, 0) is 23.8 Å². The maximum atomic E-state index is 13.2. The zero-order valence-electron chi connectivity index (χ0n) is 13.2. The van der Waals surface area contributed by atoms with Gasteiger partial charge in [-0.3, -0.25) is 4.79 Å². The Labute approximate surface area is 142 Å². The van der Waals surface area contributed by atoms with Gasteiger partial charge in [0.05, 0.1) is 11.8 Å². The van der Waals surface area contributed by atoms with Crippen LogP contribution in [0.3, 0.4) is 0 Å². The van der Waals surface area contributed by atoms with E-state index in [9.17, 15) is 18.0 Å². The number of aromatic nitrogens is 2. The third-order valence-corrected chi connectivity index (χ3v) is 4.08. The van der Waals surface area contributed by atoms with E-state index in [-0.39, 0.29) is 12.0 Å². The van der Waals surface area contributed by atoms with Crippen LogP contribution in [0.25, 0.3) is 5.69 Å². The Morgan fingerprint density at radius 3 is 2.56 bits per heavy atom. The normalized spacial score (nSPS) is 13.8. The van der Waals surface area contributed by atoms with Crippen molar-refractivity contribution in [2.45, 2.75) is 38.3 Å². The lowest BCUT2D eigenvalue weighted by Crippen LogP contribution is -2.11.